The van der Waals surface area contributed by atoms with Gasteiger partial charge in [0, 0.05) is 19.6 Å². The first-order chi connectivity index (χ1) is 9.33. The molecule has 7 heteroatoms. The average Bonchev–Trinajstić information content (AvgIpc) is 2.38. The quantitative estimate of drug-likeness (QED) is 0.664. The van der Waals surface area contributed by atoms with Crippen molar-refractivity contribution in [2.75, 3.05) is 19.6 Å². The van der Waals surface area contributed by atoms with Gasteiger partial charge in [0.1, 0.15) is 0 Å². The predicted octanol–water partition coefficient (Wildman–Crippen LogP) is 1.44. The predicted molar refractivity (Wildman–Crippen MR) is 77.5 cm³/mol. The van der Waals surface area contributed by atoms with Crippen LogP contribution in [0.2, 0.25) is 0 Å². The molecule has 0 bridgehead atoms. The zero-order valence-electron chi connectivity index (χ0n) is 12.3. The van der Waals surface area contributed by atoms with Crippen LogP contribution < -0.4 is 4.72 Å². The zero-order chi connectivity index (χ0) is 15.2. The fourth-order valence-electron chi connectivity index (χ4n) is 2.33. The second-order valence-electron chi connectivity index (χ2n) is 5.82. The van der Waals surface area contributed by atoms with Gasteiger partial charge in [-0.2, -0.15) is 12.7 Å². The molecule has 0 amide bonds. The fourth-order valence-corrected chi connectivity index (χ4v) is 3.66. The third-order valence-electron chi connectivity index (χ3n) is 3.57. The maximum Gasteiger partial charge on any atom is 0.307 e. The molecule has 20 heavy (non-hydrogen) atoms. The number of aliphatic carboxylic acids is 1. The van der Waals surface area contributed by atoms with Gasteiger partial charge >= 0.3 is 5.97 Å². The van der Waals surface area contributed by atoms with Crippen LogP contribution >= 0.6 is 0 Å². The van der Waals surface area contributed by atoms with Gasteiger partial charge in [-0.15, -0.1) is 0 Å². The molecule has 1 aliphatic heterocycles. The molecule has 1 unspecified atom stereocenters. The lowest BCUT2D eigenvalue weighted by Gasteiger charge is -2.29. The summed E-state index contributed by atoms with van der Waals surface area (Å²) >= 11 is 0. The largest absolute Gasteiger partial charge is 0.481 e. The summed E-state index contributed by atoms with van der Waals surface area (Å²) in [5, 5.41) is 8.98. The lowest BCUT2D eigenvalue weighted by Crippen LogP contribution is -2.47. The van der Waals surface area contributed by atoms with Crippen LogP contribution in [-0.4, -0.2) is 43.4 Å². The highest BCUT2D eigenvalue weighted by atomic mass is 32.2. The van der Waals surface area contributed by atoms with Crippen molar-refractivity contribution < 1.29 is 18.3 Å². The third kappa shape index (κ3) is 5.76. The van der Waals surface area contributed by atoms with E-state index in [2.05, 4.69) is 18.6 Å². The summed E-state index contributed by atoms with van der Waals surface area (Å²) in [7, 11) is -3.53. The van der Waals surface area contributed by atoms with Gasteiger partial charge in [0.25, 0.3) is 10.2 Å². The number of unbranched alkanes of at least 4 members (excludes halogenated alkanes) is 1. The molecule has 0 radical (unpaired) electrons. The van der Waals surface area contributed by atoms with Crippen molar-refractivity contribution >= 4 is 16.2 Å². The first-order valence-electron chi connectivity index (χ1n) is 7.30. The number of carbonyl (C=O) groups is 1. The number of piperidine rings is 1. The molecule has 0 aromatic rings. The molecule has 1 fully saturated rings. The van der Waals surface area contributed by atoms with Gasteiger partial charge in [0.2, 0.25) is 0 Å². The Labute approximate surface area is 121 Å². The number of carboxylic acid groups (broad SMARTS) is 1. The summed E-state index contributed by atoms with van der Waals surface area (Å²) in [6.07, 6.45) is 4.05. The Bertz CT molecular complexity index is 409. The maximum atomic E-state index is 12.1. The first-order valence-corrected chi connectivity index (χ1v) is 8.74. The Morgan fingerprint density at radius 3 is 2.70 bits per heavy atom. The van der Waals surface area contributed by atoms with Gasteiger partial charge in [-0.3, -0.25) is 4.79 Å². The molecule has 0 aromatic heterocycles. The van der Waals surface area contributed by atoms with E-state index in [-0.39, 0.29) is 6.54 Å². The molecule has 1 rings (SSSR count). The molecule has 0 saturated carbocycles. The summed E-state index contributed by atoms with van der Waals surface area (Å²) < 4.78 is 28.0. The maximum absolute atomic E-state index is 12.1. The van der Waals surface area contributed by atoms with E-state index in [0.717, 1.165) is 19.3 Å². The minimum atomic E-state index is -3.53. The van der Waals surface area contributed by atoms with E-state index in [1.165, 1.54) is 4.31 Å². The molecule has 1 atom stereocenters. The number of hydrogen-bond donors (Lipinski definition) is 2. The molecule has 1 saturated heterocycles. The number of nitrogens with zero attached hydrogens (tertiary/aromatic N) is 1. The normalized spacial score (nSPS) is 21.2. The van der Waals surface area contributed by atoms with Crippen molar-refractivity contribution in [3.8, 4) is 0 Å². The van der Waals surface area contributed by atoms with Crippen LogP contribution in [0.15, 0.2) is 0 Å². The highest BCUT2D eigenvalue weighted by Crippen LogP contribution is 2.18. The molecular formula is C13H26N2O4S. The summed E-state index contributed by atoms with van der Waals surface area (Å²) in [5.41, 5.74) is 0. The molecule has 6 nitrogen and oxygen atoms in total. The SMILES string of the molecule is CC(C)CCCCNS(=O)(=O)N1CCCC(C(=O)O)C1. The van der Waals surface area contributed by atoms with Crippen molar-refractivity contribution in [3.05, 3.63) is 0 Å². The van der Waals surface area contributed by atoms with Crippen LogP contribution in [0.1, 0.15) is 46.0 Å². The summed E-state index contributed by atoms with van der Waals surface area (Å²) in [4.78, 5) is 10.9. The van der Waals surface area contributed by atoms with Crippen LogP contribution in [0, 0.1) is 11.8 Å². The standard InChI is InChI=1S/C13H26N2O4S/c1-11(2)6-3-4-8-14-20(18,19)15-9-5-7-12(10-15)13(16)17/h11-12,14H,3-10H2,1-2H3,(H,16,17). The van der Waals surface area contributed by atoms with Crippen molar-refractivity contribution in [3.63, 3.8) is 0 Å². The number of carboxylic acids is 1. The second-order valence-corrected chi connectivity index (χ2v) is 7.58. The van der Waals surface area contributed by atoms with Crippen LogP contribution in [0.25, 0.3) is 0 Å². The van der Waals surface area contributed by atoms with Crippen molar-refractivity contribution in [2.45, 2.75) is 46.0 Å². The Balaban J connectivity index is 2.38. The Kier molecular flexibility index (Phi) is 6.91. The molecule has 1 aliphatic rings. The van der Waals surface area contributed by atoms with E-state index in [4.69, 9.17) is 5.11 Å². The minimum absolute atomic E-state index is 0.0800. The van der Waals surface area contributed by atoms with E-state index < -0.39 is 22.1 Å². The van der Waals surface area contributed by atoms with Crippen LogP contribution in [0.3, 0.4) is 0 Å². The van der Waals surface area contributed by atoms with Crippen LogP contribution in [-0.2, 0) is 15.0 Å². The summed E-state index contributed by atoms with van der Waals surface area (Å²) in [6.45, 7) is 5.19. The Hall–Kier alpha value is -0.660. The summed E-state index contributed by atoms with van der Waals surface area (Å²) in [5.74, 6) is -0.867. The van der Waals surface area contributed by atoms with Gasteiger partial charge in [-0.1, -0.05) is 26.7 Å². The number of nitrogens with one attached hydrogen (secondary N) is 1. The van der Waals surface area contributed by atoms with Crippen molar-refractivity contribution in [1.29, 1.82) is 0 Å². The van der Waals surface area contributed by atoms with Gasteiger partial charge in [-0.05, 0) is 25.2 Å². The molecule has 0 aliphatic carbocycles. The molecule has 2 N–H and O–H groups in total. The zero-order valence-corrected chi connectivity index (χ0v) is 13.2. The Morgan fingerprint density at radius 2 is 2.10 bits per heavy atom. The van der Waals surface area contributed by atoms with Crippen molar-refractivity contribution in [2.24, 2.45) is 11.8 Å². The first kappa shape index (κ1) is 17.4. The number of rotatable bonds is 8. The van der Waals surface area contributed by atoms with Gasteiger partial charge in [0.05, 0.1) is 5.92 Å². The minimum Gasteiger partial charge on any atom is -0.481 e. The fraction of sp³-hybridized carbons (Fsp3) is 0.923. The van der Waals surface area contributed by atoms with E-state index in [1.807, 2.05) is 0 Å². The molecule has 0 spiro atoms. The van der Waals surface area contributed by atoms with Gasteiger partial charge in [0.15, 0.2) is 0 Å². The highest BCUT2D eigenvalue weighted by molar-refractivity contribution is 7.87. The van der Waals surface area contributed by atoms with E-state index in [1.54, 1.807) is 0 Å². The van der Waals surface area contributed by atoms with E-state index in [0.29, 0.717) is 31.8 Å². The van der Waals surface area contributed by atoms with Gasteiger partial charge in [-0.25, -0.2) is 4.72 Å². The molecule has 1 heterocycles. The smallest absolute Gasteiger partial charge is 0.307 e. The topological polar surface area (TPSA) is 86.7 Å². The van der Waals surface area contributed by atoms with Crippen molar-refractivity contribution in [1.82, 2.24) is 9.03 Å². The highest BCUT2D eigenvalue weighted by Gasteiger charge is 2.31. The van der Waals surface area contributed by atoms with Crippen LogP contribution in [0.4, 0.5) is 0 Å². The average molecular weight is 306 g/mol. The number of hydrogen-bond acceptors (Lipinski definition) is 3. The summed E-state index contributed by atoms with van der Waals surface area (Å²) in [6, 6.07) is 0. The lowest BCUT2D eigenvalue weighted by molar-refractivity contribution is -0.142. The molecule has 0 aromatic carbocycles. The van der Waals surface area contributed by atoms with E-state index in [9.17, 15) is 13.2 Å². The monoisotopic (exact) mass is 306 g/mol. The van der Waals surface area contributed by atoms with E-state index >= 15 is 0 Å². The molecule has 118 valence electrons. The third-order valence-corrected chi connectivity index (χ3v) is 5.15. The Morgan fingerprint density at radius 1 is 1.40 bits per heavy atom. The second kappa shape index (κ2) is 7.95. The van der Waals surface area contributed by atoms with Crippen LogP contribution in [0.5, 0.6) is 0 Å². The molecular weight excluding hydrogens is 280 g/mol. The lowest BCUT2D eigenvalue weighted by atomic mass is 10.0. The van der Waals surface area contributed by atoms with Gasteiger partial charge < -0.3 is 5.11 Å².